The average Bonchev–Trinajstić information content (AvgIpc) is 2.68. The number of hydrogen-bond acceptors (Lipinski definition) is 4. The van der Waals surface area contributed by atoms with Crippen LogP contribution in [0.1, 0.15) is 48.7 Å². The molecule has 154 valence electrons. The number of sulfonamides is 1. The summed E-state index contributed by atoms with van der Waals surface area (Å²) in [4.78, 5) is 12.3. The van der Waals surface area contributed by atoms with Crippen LogP contribution in [0.3, 0.4) is 0 Å². The number of hydrogen-bond donors (Lipinski definition) is 2. The summed E-state index contributed by atoms with van der Waals surface area (Å²) < 4.78 is 26.5. The summed E-state index contributed by atoms with van der Waals surface area (Å²) in [6.07, 6.45) is 0.810. The van der Waals surface area contributed by atoms with Crippen LogP contribution in [0.25, 0.3) is 0 Å². The first-order valence-electron chi connectivity index (χ1n) is 9.48. The van der Waals surface area contributed by atoms with Gasteiger partial charge in [0.25, 0.3) is 5.91 Å². The van der Waals surface area contributed by atoms with Gasteiger partial charge in [-0.25, -0.2) is 13.1 Å². The SMILES string of the molecule is CC(C)(C)c1ccc(CCNC(=O)c2ccc(S(=O)(=O)NCCC#N)cc2)cc1. The van der Waals surface area contributed by atoms with Crippen LogP contribution in [-0.2, 0) is 21.9 Å². The van der Waals surface area contributed by atoms with Gasteiger partial charge in [0.2, 0.25) is 10.0 Å². The Morgan fingerprint density at radius 1 is 1.00 bits per heavy atom. The molecule has 0 aliphatic heterocycles. The molecule has 6 nitrogen and oxygen atoms in total. The lowest BCUT2D eigenvalue weighted by molar-refractivity contribution is 0.0954. The Morgan fingerprint density at radius 3 is 2.17 bits per heavy atom. The van der Waals surface area contributed by atoms with Gasteiger partial charge in [0.15, 0.2) is 0 Å². The van der Waals surface area contributed by atoms with Crippen molar-refractivity contribution in [1.29, 1.82) is 5.26 Å². The second-order valence-corrected chi connectivity index (χ2v) is 9.55. The van der Waals surface area contributed by atoms with Crippen LogP contribution < -0.4 is 10.0 Å². The van der Waals surface area contributed by atoms with Gasteiger partial charge >= 0.3 is 0 Å². The van der Waals surface area contributed by atoms with Gasteiger partial charge in [-0.05, 0) is 47.2 Å². The molecule has 7 heteroatoms. The van der Waals surface area contributed by atoms with E-state index in [0.29, 0.717) is 18.5 Å². The number of carbonyl (C=O) groups excluding carboxylic acids is 1. The largest absolute Gasteiger partial charge is 0.352 e. The molecule has 0 unspecified atom stereocenters. The average molecular weight is 414 g/mol. The number of benzene rings is 2. The normalized spacial score (nSPS) is 11.7. The number of nitrogens with one attached hydrogen (secondary N) is 2. The number of nitrogens with zero attached hydrogens (tertiary/aromatic N) is 1. The van der Waals surface area contributed by atoms with Crippen molar-refractivity contribution < 1.29 is 13.2 Å². The number of rotatable bonds is 8. The number of nitriles is 1. The first-order valence-corrected chi connectivity index (χ1v) is 11.0. The molecule has 2 aromatic carbocycles. The van der Waals surface area contributed by atoms with Crippen LogP contribution in [0.2, 0.25) is 0 Å². The van der Waals surface area contributed by atoms with E-state index in [1.165, 1.54) is 29.8 Å². The smallest absolute Gasteiger partial charge is 0.251 e. The minimum Gasteiger partial charge on any atom is -0.352 e. The van der Waals surface area contributed by atoms with Crippen molar-refractivity contribution in [3.8, 4) is 6.07 Å². The van der Waals surface area contributed by atoms with Crippen LogP contribution in [0, 0.1) is 11.3 Å². The van der Waals surface area contributed by atoms with E-state index >= 15 is 0 Å². The summed E-state index contributed by atoms with van der Waals surface area (Å²) in [7, 11) is -3.67. The van der Waals surface area contributed by atoms with Gasteiger partial charge < -0.3 is 5.32 Å². The Balaban J connectivity index is 1.89. The van der Waals surface area contributed by atoms with E-state index in [9.17, 15) is 13.2 Å². The quantitative estimate of drug-likeness (QED) is 0.650. The maximum Gasteiger partial charge on any atom is 0.251 e. The third-order valence-corrected chi connectivity index (χ3v) is 5.95. The van der Waals surface area contributed by atoms with Crippen LogP contribution in [0.15, 0.2) is 53.4 Å². The fourth-order valence-corrected chi connectivity index (χ4v) is 3.74. The third-order valence-electron chi connectivity index (χ3n) is 4.47. The van der Waals surface area contributed by atoms with Gasteiger partial charge in [-0.15, -0.1) is 0 Å². The predicted molar refractivity (Wildman–Crippen MR) is 113 cm³/mol. The van der Waals surface area contributed by atoms with Crippen molar-refractivity contribution in [2.24, 2.45) is 0 Å². The van der Waals surface area contributed by atoms with Gasteiger partial charge in [0.1, 0.15) is 0 Å². The number of carbonyl (C=O) groups is 1. The van der Waals surface area contributed by atoms with E-state index in [1.54, 1.807) is 0 Å². The summed E-state index contributed by atoms with van der Waals surface area (Å²) in [5, 5.41) is 11.3. The van der Waals surface area contributed by atoms with Crippen molar-refractivity contribution in [1.82, 2.24) is 10.0 Å². The van der Waals surface area contributed by atoms with Gasteiger partial charge in [-0.2, -0.15) is 5.26 Å². The van der Waals surface area contributed by atoms with Crippen molar-refractivity contribution in [2.45, 2.75) is 43.9 Å². The van der Waals surface area contributed by atoms with Crippen molar-refractivity contribution in [3.05, 3.63) is 65.2 Å². The maximum atomic E-state index is 12.3. The molecular formula is C22H27N3O3S. The molecule has 0 aliphatic rings. The molecule has 2 N–H and O–H groups in total. The van der Waals surface area contributed by atoms with Crippen LogP contribution in [0.4, 0.5) is 0 Å². The minimum absolute atomic E-state index is 0.0534. The summed E-state index contributed by atoms with van der Waals surface area (Å²) in [5.41, 5.74) is 2.91. The standard InChI is InChI=1S/C22H27N3O3S/c1-22(2,3)19-9-5-17(6-10-19)13-16-24-21(26)18-7-11-20(12-8-18)29(27,28)25-15-4-14-23/h5-12,25H,4,13,15-16H2,1-3H3,(H,24,26). The molecule has 2 rings (SSSR count). The Morgan fingerprint density at radius 2 is 1.62 bits per heavy atom. The van der Waals surface area contributed by atoms with Gasteiger partial charge in [-0.3, -0.25) is 4.79 Å². The molecule has 2 aromatic rings. The highest BCUT2D eigenvalue weighted by atomic mass is 32.2. The Labute approximate surface area is 173 Å². The van der Waals surface area contributed by atoms with Crippen LogP contribution >= 0.6 is 0 Å². The molecule has 0 aromatic heterocycles. The fraction of sp³-hybridized carbons (Fsp3) is 0.364. The van der Waals surface area contributed by atoms with E-state index in [-0.39, 0.29) is 29.2 Å². The lowest BCUT2D eigenvalue weighted by atomic mass is 9.86. The highest BCUT2D eigenvalue weighted by molar-refractivity contribution is 7.89. The fourth-order valence-electron chi connectivity index (χ4n) is 2.70. The molecule has 0 aliphatic carbocycles. The molecule has 0 bridgehead atoms. The molecule has 29 heavy (non-hydrogen) atoms. The van der Waals surface area contributed by atoms with Crippen LogP contribution in [0.5, 0.6) is 0 Å². The van der Waals surface area contributed by atoms with E-state index in [1.807, 2.05) is 6.07 Å². The molecular weight excluding hydrogens is 386 g/mol. The highest BCUT2D eigenvalue weighted by Crippen LogP contribution is 2.22. The molecule has 1 amide bonds. The second kappa shape index (κ2) is 9.68. The van der Waals surface area contributed by atoms with Crippen molar-refractivity contribution in [3.63, 3.8) is 0 Å². The van der Waals surface area contributed by atoms with Crippen molar-refractivity contribution in [2.75, 3.05) is 13.1 Å². The monoisotopic (exact) mass is 413 g/mol. The summed E-state index contributed by atoms with van der Waals surface area (Å²) in [6.45, 7) is 7.05. The van der Waals surface area contributed by atoms with Gasteiger partial charge in [0, 0.05) is 25.1 Å². The van der Waals surface area contributed by atoms with E-state index in [4.69, 9.17) is 5.26 Å². The zero-order valence-corrected chi connectivity index (χ0v) is 17.8. The second-order valence-electron chi connectivity index (χ2n) is 7.78. The summed E-state index contributed by atoms with van der Waals surface area (Å²) in [5.74, 6) is -0.252. The minimum atomic E-state index is -3.67. The van der Waals surface area contributed by atoms with Gasteiger partial charge in [0.05, 0.1) is 11.0 Å². The Hall–Kier alpha value is -2.69. The van der Waals surface area contributed by atoms with Gasteiger partial charge in [-0.1, -0.05) is 45.0 Å². The summed E-state index contributed by atoms with van der Waals surface area (Å²) in [6, 6.07) is 16.0. The first-order chi connectivity index (χ1) is 13.6. The van der Waals surface area contributed by atoms with E-state index < -0.39 is 10.0 Å². The summed E-state index contributed by atoms with van der Waals surface area (Å²) >= 11 is 0. The molecule has 0 saturated heterocycles. The molecule has 0 radical (unpaired) electrons. The Bertz CT molecular complexity index is 968. The molecule has 0 atom stereocenters. The molecule has 0 fully saturated rings. The van der Waals surface area contributed by atoms with Crippen molar-refractivity contribution >= 4 is 15.9 Å². The zero-order valence-electron chi connectivity index (χ0n) is 17.0. The topological polar surface area (TPSA) is 99.1 Å². The molecule has 0 heterocycles. The van der Waals surface area contributed by atoms with Crippen LogP contribution in [-0.4, -0.2) is 27.4 Å². The number of amides is 1. The predicted octanol–water partition coefficient (Wildman–Crippen LogP) is 3.15. The maximum absolute atomic E-state index is 12.3. The molecule has 0 spiro atoms. The first kappa shape index (κ1) is 22.6. The lowest BCUT2D eigenvalue weighted by Gasteiger charge is -2.19. The highest BCUT2D eigenvalue weighted by Gasteiger charge is 2.15. The third kappa shape index (κ3) is 6.70. The zero-order chi connectivity index (χ0) is 21.5. The molecule has 0 saturated carbocycles. The Kier molecular flexibility index (Phi) is 7.54. The van der Waals surface area contributed by atoms with E-state index in [0.717, 1.165) is 5.56 Å². The van der Waals surface area contributed by atoms with E-state index in [2.05, 4.69) is 55.1 Å². The lowest BCUT2D eigenvalue weighted by Crippen LogP contribution is -2.26.